The largest absolute Gasteiger partial charge is 0.490 e. The van der Waals surface area contributed by atoms with Crippen molar-refractivity contribution >= 4 is 5.97 Å². The summed E-state index contributed by atoms with van der Waals surface area (Å²) in [4.78, 5) is 11.3. The third kappa shape index (κ3) is 8.17. The first-order chi connectivity index (χ1) is 17.0. The molecular weight excluding hydrogens is 436 g/mol. The maximum absolute atomic E-state index is 11.3. The van der Waals surface area contributed by atoms with Gasteiger partial charge in [-0.2, -0.15) is 0 Å². The van der Waals surface area contributed by atoms with E-state index in [1.807, 2.05) is 24.3 Å². The van der Waals surface area contributed by atoms with Crippen LogP contribution in [0.4, 0.5) is 0 Å². The number of aryl methyl sites for hydroxylation is 2. The first kappa shape index (κ1) is 26.3. The topological polar surface area (TPSA) is 44.8 Å². The minimum Gasteiger partial charge on any atom is -0.490 e. The van der Waals surface area contributed by atoms with Gasteiger partial charge in [-0.05, 0) is 84.3 Å². The highest BCUT2D eigenvalue weighted by Gasteiger charge is 2.11. The summed E-state index contributed by atoms with van der Waals surface area (Å²) in [6, 6.07) is 22.8. The Morgan fingerprint density at radius 3 is 2.23 bits per heavy atom. The quantitative estimate of drug-likeness (QED) is 0.238. The maximum Gasteiger partial charge on any atom is 0.305 e. The van der Waals surface area contributed by atoms with E-state index in [4.69, 9.17) is 14.2 Å². The molecule has 0 spiro atoms. The van der Waals surface area contributed by atoms with Gasteiger partial charge in [0, 0.05) is 6.42 Å². The Balaban J connectivity index is 1.62. The third-order valence-electron chi connectivity index (χ3n) is 6.13. The van der Waals surface area contributed by atoms with Gasteiger partial charge in [0.1, 0.15) is 18.1 Å². The van der Waals surface area contributed by atoms with Crippen LogP contribution < -0.4 is 9.47 Å². The molecule has 0 heterocycles. The summed E-state index contributed by atoms with van der Waals surface area (Å²) in [5.41, 5.74) is 5.78. The molecule has 0 aliphatic carbocycles. The van der Waals surface area contributed by atoms with Gasteiger partial charge in [0.2, 0.25) is 0 Å². The number of rotatable bonds is 13. The van der Waals surface area contributed by atoms with Gasteiger partial charge in [0.25, 0.3) is 0 Å². The molecule has 186 valence electrons. The number of carbonyl (C=O) groups excluding carboxylic acids is 1. The van der Waals surface area contributed by atoms with Crippen LogP contribution in [0.3, 0.4) is 0 Å². The average molecular weight is 475 g/mol. The van der Waals surface area contributed by atoms with E-state index in [9.17, 15) is 4.79 Å². The minimum atomic E-state index is -0.195. The molecule has 0 aliphatic rings. The van der Waals surface area contributed by atoms with Gasteiger partial charge in [0.15, 0.2) is 0 Å². The lowest BCUT2D eigenvalue weighted by Crippen LogP contribution is -2.15. The summed E-state index contributed by atoms with van der Waals surface area (Å²) in [6.07, 6.45) is 5.79. The highest BCUT2D eigenvalue weighted by molar-refractivity contribution is 5.69. The number of carbonyl (C=O) groups is 1. The molecule has 0 unspecified atom stereocenters. The molecule has 0 saturated carbocycles. The Labute approximate surface area is 210 Å². The van der Waals surface area contributed by atoms with E-state index in [1.165, 1.54) is 23.8 Å². The van der Waals surface area contributed by atoms with Crippen LogP contribution >= 0.6 is 0 Å². The molecule has 35 heavy (non-hydrogen) atoms. The van der Waals surface area contributed by atoms with Crippen molar-refractivity contribution in [2.45, 2.75) is 72.0 Å². The Morgan fingerprint density at radius 1 is 0.857 bits per heavy atom. The molecule has 0 fully saturated rings. The van der Waals surface area contributed by atoms with Crippen LogP contribution in [0, 0.1) is 6.92 Å². The maximum atomic E-state index is 11.3. The smallest absolute Gasteiger partial charge is 0.305 e. The monoisotopic (exact) mass is 474 g/mol. The molecule has 0 N–H and O–H groups in total. The van der Waals surface area contributed by atoms with Crippen LogP contribution in [0.2, 0.25) is 0 Å². The molecule has 4 heteroatoms. The fourth-order valence-corrected chi connectivity index (χ4v) is 4.23. The van der Waals surface area contributed by atoms with Gasteiger partial charge in [-0.25, -0.2) is 0 Å². The van der Waals surface area contributed by atoms with Crippen molar-refractivity contribution in [3.63, 3.8) is 0 Å². The van der Waals surface area contributed by atoms with Gasteiger partial charge in [-0.15, -0.1) is 0 Å². The zero-order valence-corrected chi connectivity index (χ0v) is 21.5. The SMILES string of the molecule is CCCC(CCC)Oc1ccc(-c2cccc(COc3ccc(CCC(=O)OC)cc3)c2)c(C)c1. The van der Waals surface area contributed by atoms with Gasteiger partial charge < -0.3 is 14.2 Å². The lowest BCUT2D eigenvalue weighted by atomic mass is 9.98. The Kier molecular flexibility index (Phi) is 10.2. The lowest BCUT2D eigenvalue weighted by Gasteiger charge is -2.19. The molecule has 0 radical (unpaired) electrons. The molecule has 0 aromatic heterocycles. The zero-order chi connectivity index (χ0) is 25.0. The van der Waals surface area contributed by atoms with Crippen LogP contribution in [-0.2, 0) is 22.6 Å². The predicted molar refractivity (Wildman–Crippen MR) is 142 cm³/mol. The van der Waals surface area contributed by atoms with Gasteiger partial charge in [-0.3, -0.25) is 4.79 Å². The van der Waals surface area contributed by atoms with E-state index in [-0.39, 0.29) is 12.1 Å². The standard InChI is InChI=1S/C31H38O4/c1-5-8-28(9-6-2)35-29-17-18-30(23(3)20-29)26-11-7-10-25(21-26)22-34-27-15-12-24(13-16-27)14-19-31(32)33-4/h7,10-13,15-18,20-21,28H,5-6,8-9,14,19,22H2,1-4H3. The van der Waals surface area contributed by atoms with Gasteiger partial charge in [-0.1, -0.05) is 63.1 Å². The molecule has 3 aromatic carbocycles. The number of benzene rings is 3. The normalized spacial score (nSPS) is 10.9. The van der Waals surface area contributed by atoms with Crippen molar-refractivity contribution in [1.82, 2.24) is 0 Å². The number of esters is 1. The first-order valence-electron chi connectivity index (χ1n) is 12.7. The fraction of sp³-hybridized carbons (Fsp3) is 0.387. The Morgan fingerprint density at radius 2 is 1.57 bits per heavy atom. The number of hydrogen-bond acceptors (Lipinski definition) is 4. The summed E-state index contributed by atoms with van der Waals surface area (Å²) in [7, 11) is 1.41. The van der Waals surface area contributed by atoms with Crippen molar-refractivity contribution < 1.29 is 19.0 Å². The third-order valence-corrected chi connectivity index (χ3v) is 6.13. The van der Waals surface area contributed by atoms with Crippen molar-refractivity contribution in [1.29, 1.82) is 0 Å². The fourth-order valence-electron chi connectivity index (χ4n) is 4.23. The van der Waals surface area contributed by atoms with Crippen molar-refractivity contribution in [3.05, 3.63) is 83.4 Å². The number of hydrogen-bond donors (Lipinski definition) is 0. The van der Waals surface area contributed by atoms with Gasteiger partial charge >= 0.3 is 5.97 Å². The molecule has 0 bridgehead atoms. The molecule has 0 aliphatic heterocycles. The first-order valence-corrected chi connectivity index (χ1v) is 12.7. The van der Waals surface area contributed by atoms with E-state index in [0.717, 1.165) is 48.3 Å². The van der Waals surface area contributed by atoms with Crippen LogP contribution in [-0.4, -0.2) is 19.2 Å². The molecule has 3 aromatic rings. The summed E-state index contributed by atoms with van der Waals surface area (Å²) in [5.74, 6) is 1.57. The van der Waals surface area contributed by atoms with E-state index >= 15 is 0 Å². The van der Waals surface area contributed by atoms with Crippen LogP contribution in [0.5, 0.6) is 11.5 Å². The Hall–Kier alpha value is -3.27. The summed E-state index contributed by atoms with van der Waals surface area (Å²) in [6.45, 7) is 7.05. The zero-order valence-electron chi connectivity index (χ0n) is 21.5. The molecular formula is C31H38O4. The highest BCUT2D eigenvalue weighted by Crippen LogP contribution is 2.29. The van der Waals surface area contributed by atoms with E-state index in [2.05, 4.69) is 63.2 Å². The number of ether oxygens (including phenoxy) is 3. The molecule has 3 rings (SSSR count). The molecule has 0 atom stereocenters. The minimum absolute atomic E-state index is 0.195. The second-order valence-corrected chi connectivity index (χ2v) is 9.00. The highest BCUT2D eigenvalue weighted by atomic mass is 16.5. The van der Waals surface area contributed by atoms with Gasteiger partial charge in [0.05, 0.1) is 13.2 Å². The summed E-state index contributed by atoms with van der Waals surface area (Å²) < 4.78 is 17.0. The Bertz CT molecular complexity index is 1070. The molecule has 0 saturated heterocycles. The van der Waals surface area contributed by atoms with Crippen LogP contribution in [0.25, 0.3) is 11.1 Å². The van der Waals surface area contributed by atoms with Crippen molar-refractivity contribution in [2.75, 3.05) is 7.11 Å². The van der Waals surface area contributed by atoms with Crippen LogP contribution in [0.1, 0.15) is 62.6 Å². The van der Waals surface area contributed by atoms with E-state index in [0.29, 0.717) is 19.4 Å². The summed E-state index contributed by atoms with van der Waals surface area (Å²) in [5, 5.41) is 0. The van der Waals surface area contributed by atoms with E-state index < -0.39 is 0 Å². The summed E-state index contributed by atoms with van der Waals surface area (Å²) >= 11 is 0. The second-order valence-electron chi connectivity index (χ2n) is 9.00. The second kappa shape index (κ2) is 13.6. The molecule has 4 nitrogen and oxygen atoms in total. The average Bonchev–Trinajstić information content (AvgIpc) is 2.87. The predicted octanol–water partition coefficient (Wildman–Crippen LogP) is 7.69. The van der Waals surface area contributed by atoms with Crippen molar-refractivity contribution in [2.24, 2.45) is 0 Å². The van der Waals surface area contributed by atoms with E-state index in [1.54, 1.807) is 0 Å². The molecule has 0 amide bonds. The van der Waals surface area contributed by atoms with Crippen molar-refractivity contribution in [3.8, 4) is 22.6 Å². The lowest BCUT2D eigenvalue weighted by molar-refractivity contribution is -0.140. The number of methoxy groups -OCH3 is 1. The van der Waals surface area contributed by atoms with Crippen LogP contribution in [0.15, 0.2) is 66.7 Å².